The summed E-state index contributed by atoms with van der Waals surface area (Å²) in [6, 6.07) is 12.7. The van der Waals surface area contributed by atoms with Gasteiger partial charge in [-0.3, -0.25) is 4.79 Å². The van der Waals surface area contributed by atoms with E-state index in [2.05, 4.69) is 10.0 Å². The zero-order valence-electron chi connectivity index (χ0n) is 14.8. The predicted octanol–water partition coefficient (Wildman–Crippen LogP) is 2.07. The number of benzene rings is 2. The monoisotopic (exact) mass is 412 g/mol. The Balaban J connectivity index is 1.89. The number of halogens is 1. The molecule has 0 saturated heterocycles. The van der Waals surface area contributed by atoms with E-state index < -0.39 is 15.9 Å². The zero-order chi connectivity index (χ0) is 19.7. The molecule has 0 fully saturated rings. The number of hydrogen-bond acceptors (Lipinski definition) is 5. The van der Waals surface area contributed by atoms with Gasteiger partial charge in [0, 0.05) is 24.2 Å². The Labute approximate surface area is 163 Å². The molecule has 2 aromatic carbocycles. The predicted molar refractivity (Wildman–Crippen MR) is 103 cm³/mol. The summed E-state index contributed by atoms with van der Waals surface area (Å²) in [6.45, 7) is 0.916. The molecule has 0 heterocycles. The molecule has 0 unspecified atom stereocenters. The summed E-state index contributed by atoms with van der Waals surface area (Å²) in [7, 11) is -2.22. The first-order valence-corrected chi connectivity index (χ1v) is 10.0. The molecular weight excluding hydrogens is 392 g/mol. The van der Waals surface area contributed by atoms with Gasteiger partial charge in [0.15, 0.2) is 0 Å². The fraction of sp³-hybridized carbons (Fsp3) is 0.278. The van der Waals surface area contributed by atoms with Crippen LogP contribution in [0.25, 0.3) is 0 Å². The summed E-state index contributed by atoms with van der Waals surface area (Å²) in [5.74, 6) is 0.214. The van der Waals surface area contributed by atoms with Gasteiger partial charge >= 0.3 is 0 Å². The van der Waals surface area contributed by atoms with E-state index in [1.807, 2.05) is 0 Å². The average Bonchev–Trinajstić information content (AvgIpc) is 2.65. The first-order valence-electron chi connectivity index (χ1n) is 8.17. The van der Waals surface area contributed by atoms with Crippen molar-refractivity contribution < 1.29 is 22.7 Å². The Morgan fingerprint density at radius 3 is 2.59 bits per heavy atom. The van der Waals surface area contributed by atoms with E-state index in [1.165, 1.54) is 25.3 Å². The highest BCUT2D eigenvalue weighted by atomic mass is 35.5. The minimum Gasteiger partial charge on any atom is -0.492 e. The molecule has 0 saturated carbocycles. The Kier molecular flexibility index (Phi) is 8.05. The highest BCUT2D eigenvalue weighted by molar-refractivity contribution is 7.89. The number of sulfonamides is 1. The summed E-state index contributed by atoms with van der Waals surface area (Å²) in [5, 5.41) is 3.25. The van der Waals surface area contributed by atoms with Crippen molar-refractivity contribution in [3.05, 3.63) is 59.1 Å². The maximum Gasteiger partial charge on any atom is 0.251 e. The lowest BCUT2D eigenvalue weighted by molar-refractivity contribution is 0.0946. The van der Waals surface area contributed by atoms with Crippen molar-refractivity contribution >= 4 is 27.5 Å². The molecule has 2 N–H and O–H groups in total. The summed E-state index contributed by atoms with van der Waals surface area (Å²) < 4.78 is 37.1. The number of nitrogens with one attached hydrogen (secondary N) is 2. The molecule has 0 aliphatic rings. The van der Waals surface area contributed by atoms with E-state index in [0.29, 0.717) is 10.8 Å². The molecule has 2 aromatic rings. The molecule has 27 heavy (non-hydrogen) atoms. The Hall–Kier alpha value is -2.13. The standard InChI is InChI=1S/C18H21ClN2O5S/c1-25-10-9-21-27(23,24)17-7-2-4-14(12-17)18(22)20-8-11-26-16-6-3-5-15(19)13-16/h2-7,12-13,21H,8-11H2,1H3,(H,20,22). The second kappa shape index (κ2) is 10.3. The van der Waals surface area contributed by atoms with Crippen LogP contribution in [0.15, 0.2) is 53.4 Å². The van der Waals surface area contributed by atoms with Crippen molar-refractivity contribution in [2.45, 2.75) is 4.90 Å². The van der Waals surface area contributed by atoms with Gasteiger partial charge in [-0.2, -0.15) is 0 Å². The average molecular weight is 413 g/mol. The van der Waals surface area contributed by atoms with Gasteiger partial charge in [0.25, 0.3) is 5.91 Å². The summed E-state index contributed by atoms with van der Waals surface area (Å²) in [4.78, 5) is 12.2. The van der Waals surface area contributed by atoms with Crippen LogP contribution in [-0.4, -0.2) is 47.7 Å². The molecule has 0 aliphatic carbocycles. The van der Waals surface area contributed by atoms with Gasteiger partial charge in [-0.15, -0.1) is 0 Å². The molecule has 0 radical (unpaired) electrons. The lowest BCUT2D eigenvalue weighted by Crippen LogP contribution is -2.29. The third-order valence-corrected chi connectivity index (χ3v) is 5.15. The van der Waals surface area contributed by atoms with Crippen LogP contribution in [0.5, 0.6) is 5.75 Å². The number of carbonyl (C=O) groups excluding carboxylic acids is 1. The highest BCUT2D eigenvalue weighted by Crippen LogP contribution is 2.16. The molecule has 9 heteroatoms. The summed E-state index contributed by atoms with van der Waals surface area (Å²) >= 11 is 5.87. The summed E-state index contributed by atoms with van der Waals surface area (Å²) in [6.07, 6.45) is 0. The number of hydrogen-bond donors (Lipinski definition) is 2. The van der Waals surface area contributed by atoms with Gasteiger partial charge in [-0.25, -0.2) is 13.1 Å². The molecule has 0 atom stereocenters. The van der Waals surface area contributed by atoms with Crippen LogP contribution in [0.4, 0.5) is 0 Å². The van der Waals surface area contributed by atoms with Gasteiger partial charge in [-0.1, -0.05) is 23.7 Å². The first-order chi connectivity index (χ1) is 12.9. The normalized spacial score (nSPS) is 11.2. The number of ether oxygens (including phenoxy) is 2. The Morgan fingerprint density at radius 1 is 1.07 bits per heavy atom. The van der Waals surface area contributed by atoms with Crippen LogP contribution in [-0.2, 0) is 14.8 Å². The van der Waals surface area contributed by atoms with Crippen molar-refractivity contribution in [2.24, 2.45) is 0 Å². The van der Waals surface area contributed by atoms with Gasteiger partial charge in [0.2, 0.25) is 10.0 Å². The van der Waals surface area contributed by atoms with Crippen LogP contribution in [0.3, 0.4) is 0 Å². The van der Waals surface area contributed by atoms with Crippen LogP contribution in [0.2, 0.25) is 5.02 Å². The van der Waals surface area contributed by atoms with Gasteiger partial charge in [-0.05, 0) is 36.4 Å². The minimum atomic E-state index is -3.70. The molecule has 0 aromatic heterocycles. The van der Waals surface area contributed by atoms with Crippen molar-refractivity contribution in [1.29, 1.82) is 0 Å². The van der Waals surface area contributed by atoms with Crippen LogP contribution in [0.1, 0.15) is 10.4 Å². The van der Waals surface area contributed by atoms with E-state index in [1.54, 1.807) is 30.3 Å². The van der Waals surface area contributed by atoms with E-state index >= 15 is 0 Å². The van der Waals surface area contributed by atoms with Crippen LogP contribution < -0.4 is 14.8 Å². The second-order valence-corrected chi connectivity index (χ2v) is 7.68. The Bertz CT molecular complexity index is 874. The largest absolute Gasteiger partial charge is 0.492 e. The molecule has 2 rings (SSSR count). The van der Waals surface area contributed by atoms with Crippen molar-refractivity contribution in [2.75, 3.05) is 33.4 Å². The van der Waals surface area contributed by atoms with Crippen molar-refractivity contribution in [3.63, 3.8) is 0 Å². The van der Waals surface area contributed by atoms with E-state index in [4.69, 9.17) is 21.1 Å². The number of methoxy groups -OCH3 is 1. The zero-order valence-corrected chi connectivity index (χ0v) is 16.3. The van der Waals surface area contributed by atoms with Crippen molar-refractivity contribution in [1.82, 2.24) is 10.0 Å². The number of amides is 1. The molecule has 146 valence electrons. The molecular formula is C18H21ClN2O5S. The Morgan fingerprint density at radius 2 is 1.85 bits per heavy atom. The topological polar surface area (TPSA) is 93.7 Å². The first kappa shape index (κ1) is 21.2. The van der Waals surface area contributed by atoms with Gasteiger partial charge in [0.1, 0.15) is 12.4 Å². The highest BCUT2D eigenvalue weighted by Gasteiger charge is 2.15. The fourth-order valence-corrected chi connectivity index (χ4v) is 3.40. The van der Waals surface area contributed by atoms with Gasteiger partial charge in [0.05, 0.1) is 18.0 Å². The summed E-state index contributed by atoms with van der Waals surface area (Å²) in [5.41, 5.74) is 0.243. The van der Waals surface area contributed by atoms with E-state index in [0.717, 1.165) is 0 Å². The second-order valence-electron chi connectivity index (χ2n) is 5.48. The lowest BCUT2D eigenvalue weighted by Gasteiger charge is -2.10. The molecule has 0 aliphatic heterocycles. The maximum atomic E-state index is 12.2. The smallest absolute Gasteiger partial charge is 0.251 e. The molecule has 0 spiro atoms. The maximum absolute atomic E-state index is 12.2. The third-order valence-electron chi connectivity index (χ3n) is 3.46. The SMILES string of the molecule is COCCNS(=O)(=O)c1cccc(C(=O)NCCOc2cccc(Cl)c2)c1. The van der Waals surface area contributed by atoms with E-state index in [-0.39, 0.29) is 36.8 Å². The number of rotatable bonds is 10. The lowest BCUT2D eigenvalue weighted by atomic mass is 10.2. The molecule has 7 nitrogen and oxygen atoms in total. The molecule has 0 bridgehead atoms. The van der Waals surface area contributed by atoms with Crippen molar-refractivity contribution in [3.8, 4) is 5.75 Å². The number of carbonyl (C=O) groups is 1. The van der Waals surface area contributed by atoms with Crippen LogP contribution >= 0.6 is 11.6 Å². The van der Waals surface area contributed by atoms with E-state index in [9.17, 15) is 13.2 Å². The third kappa shape index (κ3) is 6.84. The minimum absolute atomic E-state index is 0.0152. The fourth-order valence-electron chi connectivity index (χ4n) is 2.16. The van der Waals surface area contributed by atoms with Crippen LogP contribution in [0, 0.1) is 0 Å². The molecule has 1 amide bonds. The van der Waals surface area contributed by atoms with Gasteiger partial charge < -0.3 is 14.8 Å². The quantitative estimate of drug-likeness (QED) is 0.583.